The van der Waals surface area contributed by atoms with Gasteiger partial charge in [0.05, 0.1) is 102 Å². The van der Waals surface area contributed by atoms with Gasteiger partial charge in [0.15, 0.2) is 0 Å². The summed E-state index contributed by atoms with van der Waals surface area (Å²) in [6, 6.07) is 25.3. The standard InChI is InChI=1S/C28H30N6O2.C27H28N6O2.C25H26N6O3/c1-5-26(35)32-28(18(3)4)12-21-8-9-22(13-28)34(21)25-10-7-19(15-30-25)24-11-23(36-6-2)17-33-27(24)20(14-29)16-31-33;1-4-25(34)31-27(3)10-11-32(23(13-27)18-6-7-18)24-9-8-19(15-29-24)22-12-21(35-5-2)17-33-26(22)20(14-28)16-30-33;1-4-24(32)29-21-9-10-30(16-22(21)34-6-3)23-8-7-17(13-27-23)20-11-19(33-5-2)15-31-25(20)18(12-26)14-28-31/h1,7,10-11,15-18,21-22H,6,8-9,12-13H2,2-4H3,(H,32,35);1,8-9,12,15-18,23H,5-7,10-11,13H2,2-3H3,(H,31,34);1,7-8,11,13-15,21-22H,5-6,9-10,16H2,2-3H3,(H,29,32). The Morgan fingerprint density at radius 2 is 1.03 bits per heavy atom. The van der Waals surface area contributed by atoms with Gasteiger partial charge in [-0.15, -0.1) is 19.3 Å². The van der Waals surface area contributed by atoms with Crippen LogP contribution in [-0.2, 0) is 19.1 Å². The summed E-state index contributed by atoms with van der Waals surface area (Å²) in [6.45, 7) is 18.3. The van der Waals surface area contributed by atoms with Gasteiger partial charge in [-0.1, -0.05) is 13.8 Å². The van der Waals surface area contributed by atoms with Crippen LogP contribution in [0.15, 0.2) is 110 Å². The van der Waals surface area contributed by atoms with E-state index in [9.17, 15) is 30.2 Å². The fourth-order valence-electron chi connectivity index (χ4n) is 15.4. The molecule has 6 unspecified atom stereocenters. The quantitative estimate of drug-likeness (QED) is 0.0634. The number of carbonyl (C=O) groups is 3. The molecule has 25 heteroatoms. The fraction of sp³-hybridized carbons (Fsp3) is 0.400. The first-order valence-corrected chi connectivity index (χ1v) is 35.7. The topological polar surface area (TPSA) is 296 Å². The Morgan fingerprint density at radius 3 is 1.44 bits per heavy atom. The summed E-state index contributed by atoms with van der Waals surface area (Å²) in [6.07, 6.45) is 39.7. The van der Waals surface area contributed by atoms with Gasteiger partial charge in [-0.2, -0.15) is 31.1 Å². The Balaban J connectivity index is 0.000000148. The summed E-state index contributed by atoms with van der Waals surface area (Å²) in [4.78, 5) is 57.0. The zero-order chi connectivity index (χ0) is 74.1. The lowest BCUT2D eigenvalue weighted by molar-refractivity contribution is -0.119. The van der Waals surface area contributed by atoms with E-state index in [-0.39, 0.29) is 53.0 Å². The van der Waals surface area contributed by atoms with Crippen LogP contribution >= 0.6 is 0 Å². The number of amides is 3. The first-order valence-electron chi connectivity index (χ1n) is 35.7. The predicted octanol–water partition coefficient (Wildman–Crippen LogP) is 9.90. The maximum absolute atomic E-state index is 12.1. The number of nitriles is 3. The van der Waals surface area contributed by atoms with E-state index in [4.69, 9.17) is 53.2 Å². The predicted molar refractivity (Wildman–Crippen MR) is 397 cm³/mol. The number of hydrogen-bond acceptors (Lipinski definition) is 19. The van der Waals surface area contributed by atoms with Crippen LogP contribution in [0.2, 0.25) is 0 Å². The van der Waals surface area contributed by atoms with Crippen molar-refractivity contribution in [2.75, 3.05) is 60.8 Å². The Morgan fingerprint density at radius 1 is 0.571 bits per heavy atom. The maximum atomic E-state index is 12.1. The van der Waals surface area contributed by atoms with Crippen molar-refractivity contribution in [2.24, 2.45) is 11.8 Å². The number of ether oxygens (including phenoxy) is 4. The van der Waals surface area contributed by atoms with Gasteiger partial charge in [0, 0.05) is 107 Å². The number of carbonyl (C=O) groups excluding carboxylic acids is 3. The summed E-state index contributed by atoms with van der Waals surface area (Å²) in [5.41, 5.74) is 8.23. The Kier molecular flexibility index (Phi) is 21.9. The second kappa shape index (κ2) is 31.6. The average Bonchev–Trinajstić information content (AvgIpc) is 1.65. The van der Waals surface area contributed by atoms with Crippen LogP contribution < -0.4 is 44.9 Å². The smallest absolute Gasteiger partial charge is 0.296 e. The van der Waals surface area contributed by atoms with Gasteiger partial charge in [0.25, 0.3) is 17.7 Å². The van der Waals surface area contributed by atoms with Crippen molar-refractivity contribution in [2.45, 2.75) is 148 Å². The Bertz CT molecular complexity index is 4950. The van der Waals surface area contributed by atoms with Crippen molar-refractivity contribution in [3.05, 3.63) is 127 Å². The third-order valence-electron chi connectivity index (χ3n) is 20.6. The van der Waals surface area contributed by atoms with Crippen LogP contribution in [0.3, 0.4) is 0 Å². The van der Waals surface area contributed by atoms with Crippen molar-refractivity contribution >= 4 is 51.7 Å². The molecule has 5 fully saturated rings. The monoisotopic (exact) mass is 1410 g/mol. The van der Waals surface area contributed by atoms with Crippen molar-refractivity contribution in [3.8, 4) is 106 Å². The summed E-state index contributed by atoms with van der Waals surface area (Å²) < 4.78 is 28.1. The molecule has 9 aromatic heterocycles. The molecule has 1 saturated carbocycles. The average molecular weight is 1410 g/mol. The van der Waals surface area contributed by atoms with E-state index in [1.807, 2.05) is 88.6 Å². The second-order valence-electron chi connectivity index (χ2n) is 27.4. The Labute approximate surface area is 610 Å². The van der Waals surface area contributed by atoms with E-state index in [0.717, 1.165) is 107 Å². The molecule has 0 aromatic carbocycles. The van der Waals surface area contributed by atoms with Crippen molar-refractivity contribution in [1.29, 1.82) is 15.8 Å². The first-order chi connectivity index (χ1) is 50.9. The van der Waals surface area contributed by atoms with Crippen LogP contribution in [0.4, 0.5) is 17.5 Å². The highest BCUT2D eigenvalue weighted by Gasteiger charge is 2.51. The van der Waals surface area contributed by atoms with E-state index < -0.39 is 5.91 Å². The van der Waals surface area contributed by atoms with Crippen LogP contribution in [0.25, 0.3) is 49.9 Å². The zero-order valence-electron chi connectivity index (χ0n) is 60.0. The van der Waals surface area contributed by atoms with E-state index in [1.165, 1.54) is 12.8 Å². The van der Waals surface area contributed by atoms with Crippen LogP contribution in [0, 0.1) is 82.9 Å². The van der Waals surface area contributed by atoms with Gasteiger partial charge in [-0.05, 0) is 177 Å². The number of rotatable bonds is 19. The van der Waals surface area contributed by atoms with Gasteiger partial charge in [-0.3, -0.25) is 14.4 Å². The summed E-state index contributed by atoms with van der Waals surface area (Å²) >= 11 is 0. The summed E-state index contributed by atoms with van der Waals surface area (Å²) in [5.74, 6) is 11.0. The summed E-state index contributed by atoms with van der Waals surface area (Å²) in [5, 5.41) is 50.7. The lowest BCUT2D eigenvalue weighted by Gasteiger charge is -2.49. The maximum Gasteiger partial charge on any atom is 0.296 e. The van der Waals surface area contributed by atoms with Gasteiger partial charge < -0.3 is 49.6 Å². The lowest BCUT2D eigenvalue weighted by Crippen LogP contribution is -2.61. The molecule has 4 saturated heterocycles. The minimum atomic E-state index is -0.428. The third kappa shape index (κ3) is 15.5. The van der Waals surface area contributed by atoms with Gasteiger partial charge in [-0.25, -0.2) is 28.5 Å². The molecule has 13 heterocycles. The number of hydrogen-bond donors (Lipinski definition) is 3. The molecule has 105 heavy (non-hydrogen) atoms. The highest BCUT2D eigenvalue weighted by Crippen LogP contribution is 2.47. The highest BCUT2D eigenvalue weighted by molar-refractivity contribution is 5.94. The molecule has 536 valence electrons. The number of nitrogens with one attached hydrogen (secondary N) is 3. The number of piperidine rings is 3. The number of anilines is 3. The van der Waals surface area contributed by atoms with Gasteiger partial charge in [0.1, 0.15) is 52.9 Å². The van der Waals surface area contributed by atoms with Crippen molar-refractivity contribution in [3.63, 3.8) is 0 Å². The minimum Gasteiger partial charge on any atom is -0.492 e. The molecular formula is C80H84N18O7. The molecule has 6 atom stereocenters. The van der Waals surface area contributed by atoms with E-state index in [1.54, 1.807) is 56.9 Å². The normalized spacial score (nSPS) is 20.9. The molecule has 3 N–H and O–H groups in total. The van der Waals surface area contributed by atoms with E-state index in [2.05, 4.69) is 109 Å². The molecule has 1 aliphatic carbocycles. The van der Waals surface area contributed by atoms with Gasteiger partial charge in [0.2, 0.25) is 0 Å². The molecule has 2 bridgehead atoms. The number of nitrogens with zero attached hydrogens (tertiary/aromatic N) is 15. The zero-order valence-corrected chi connectivity index (χ0v) is 60.0. The molecule has 3 amide bonds. The van der Waals surface area contributed by atoms with Crippen LogP contribution in [-0.4, -0.2) is 149 Å². The van der Waals surface area contributed by atoms with Crippen LogP contribution in [0.5, 0.6) is 17.2 Å². The van der Waals surface area contributed by atoms with Crippen molar-refractivity contribution in [1.82, 2.24) is 59.7 Å². The first kappa shape index (κ1) is 72.6. The second-order valence-corrected chi connectivity index (χ2v) is 27.4. The molecule has 9 aromatic rings. The SMILES string of the molecule is C#CC(=O)NC1(C(C)C)CC2CCC(C1)N2c1ccc(-c2cc(OCC)cn3ncc(C#N)c23)cn1.C#CC(=O)NC1(C)CCN(c2ccc(-c3cc(OCC)cn4ncc(C#N)c34)cn2)C(C2CC2)C1.C#CC(=O)NC1CCN(c2ccc(-c3cc(OCC)cn4ncc(C#N)c34)cn2)CC1OCC. The number of terminal acetylenes is 3. The molecule has 5 aliphatic rings. The highest BCUT2D eigenvalue weighted by atomic mass is 16.5. The largest absolute Gasteiger partial charge is 0.492 e. The number of fused-ring (bicyclic) bond motifs is 5. The van der Waals surface area contributed by atoms with E-state index in [0.29, 0.717) is 97.4 Å². The number of aromatic nitrogens is 9. The van der Waals surface area contributed by atoms with E-state index >= 15 is 0 Å². The third-order valence-corrected chi connectivity index (χ3v) is 20.6. The molecule has 25 nitrogen and oxygen atoms in total. The molecule has 0 radical (unpaired) electrons. The minimum absolute atomic E-state index is 0.139. The van der Waals surface area contributed by atoms with Gasteiger partial charge >= 0.3 is 0 Å². The van der Waals surface area contributed by atoms with Crippen molar-refractivity contribution < 1.29 is 33.3 Å². The molecule has 0 spiro atoms. The van der Waals surface area contributed by atoms with Crippen LogP contribution in [0.1, 0.15) is 123 Å². The Hall–Kier alpha value is -12.2. The fourth-order valence-corrected chi connectivity index (χ4v) is 15.4. The molecule has 4 aliphatic heterocycles. The lowest BCUT2D eigenvalue weighted by atomic mass is 9.74. The number of pyridine rings is 6. The molecule has 14 rings (SSSR count). The molecular weight excluding hydrogens is 1320 g/mol. The summed E-state index contributed by atoms with van der Waals surface area (Å²) in [7, 11) is 0.